The minimum absolute atomic E-state index is 0.286. The van der Waals surface area contributed by atoms with Crippen LogP contribution in [0, 0.1) is 0 Å². The summed E-state index contributed by atoms with van der Waals surface area (Å²) in [5.41, 5.74) is 6.30. The zero-order valence-corrected chi connectivity index (χ0v) is 18.6. The average Bonchev–Trinajstić information content (AvgIpc) is 3.12. The van der Waals surface area contributed by atoms with Crippen molar-refractivity contribution in [3.63, 3.8) is 0 Å². The third-order valence-electron chi connectivity index (χ3n) is 6.37. The summed E-state index contributed by atoms with van der Waals surface area (Å²) in [5.74, 6) is 0. The van der Waals surface area contributed by atoms with E-state index in [9.17, 15) is 0 Å². The fourth-order valence-electron chi connectivity index (χ4n) is 5.05. The number of benzene rings is 4. The van der Waals surface area contributed by atoms with Crippen molar-refractivity contribution in [3.8, 4) is 0 Å². The van der Waals surface area contributed by atoms with Gasteiger partial charge in [0.2, 0.25) is 0 Å². The van der Waals surface area contributed by atoms with Crippen LogP contribution >= 0.6 is 15.9 Å². The van der Waals surface area contributed by atoms with Crippen molar-refractivity contribution in [3.05, 3.63) is 141 Å². The standard InChI is InChI=1S/C28H24BrN/c1-21-27-18-17-26(29)19-22(27)20-30(21)28(23-11-5-2-6-12-23,24-13-7-3-8-14-24)25-15-9-4-10-16-25/h2-19,21H,20H2,1H3. The molecule has 0 aliphatic carbocycles. The Hall–Kier alpha value is -2.68. The predicted octanol–water partition coefficient (Wildman–Crippen LogP) is 7.32. The normalized spacial score (nSPS) is 16.4. The summed E-state index contributed by atoms with van der Waals surface area (Å²) in [7, 11) is 0. The largest absolute Gasteiger partial charge is 0.275 e. The summed E-state index contributed by atoms with van der Waals surface area (Å²) in [5, 5.41) is 0. The van der Waals surface area contributed by atoms with Crippen LogP contribution < -0.4 is 0 Å². The lowest BCUT2D eigenvalue weighted by molar-refractivity contribution is 0.118. The van der Waals surface area contributed by atoms with E-state index in [1.54, 1.807) is 0 Å². The third kappa shape index (κ3) is 3.03. The maximum absolute atomic E-state index is 3.67. The lowest BCUT2D eigenvalue weighted by atomic mass is 9.75. The van der Waals surface area contributed by atoms with E-state index < -0.39 is 0 Å². The summed E-state index contributed by atoms with van der Waals surface area (Å²) in [6.45, 7) is 3.23. The molecule has 0 radical (unpaired) electrons. The third-order valence-corrected chi connectivity index (χ3v) is 6.86. The Morgan fingerprint density at radius 2 is 1.17 bits per heavy atom. The molecular formula is C28H24BrN. The van der Waals surface area contributed by atoms with Gasteiger partial charge >= 0.3 is 0 Å². The van der Waals surface area contributed by atoms with Crippen LogP contribution in [-0.2, 0) is 12.1 Å². The molecule has 0 saturated carbocycles. The summed E-state index contributed by atoms with van der Waals surface area (Å²) >= 11 is 3.67. The van der Waals surface area contributed by atoms with E-state index in [1.165, 1.54) is 27.8 Å². The van der Waals surface area contributed by atoms with E-state index >= 15 is 0 Å². The Labute approximate surface area is 187 Å². The highest BCUT2D eigenvalue weighted by Gasteiger charge is 2.47. The molecule has 1 heterocycles. The Balaban J connectivity index is 1.81. The molecule has 1 aliphatic heterocycles. The molecule has 0 bridgehead atoms. The highest BCUT2D eigenvalue weighted by Crippen LogP contribution is 2.50. The van der Waals surface area contributed by atoms with Crippen LogP contribution in [0.2, 0.25) is 0 Å². The Bertz CT molecular complexity index is 1040. The molecule has 1 unspecified atom stereocenters. The van der Waals surface area contributed by atoms with Crippen LogP contribution in [0.5, 0.6) is 0 Å². The van der Waals surface area contributed by atoms with Crippen LogP contribution in [0.25, 0.3) is 0 Å². The van der Waals surface area contributed by atoms with Crippen molar-refractivity contribution < 1.29 is 0 Å². The molecule has 0 N–H and O–H groups in total. The summed E-state index contributed by atoms with van der Waals surface area (Å²) in [6, 6.07) is 39.8. The van der Waals surface area contributed by atoms with Crippen molar-refractivity contribution in [2.24, 2.45) is 0 Å². The highest BCUT2D eigenvalue weighted by atomic mass is 79.9. The average molecular weight is 454 g/mol. The number of rotatable bonds is 4. The molecule has 4 aromatic carbocycles. The molecule has 0 spiro atoms. The first-order valence-electron chi connectivity index (χ1n) is 10.4. The van der Waals surface area contributed by atoms with Crippen LogP contribution in [-0.4, -0.2) is 4.90 Å². The smallest absolute Gasteiger partial charge is 0.0980 e. The number of fused-ring (bicyclic) bond motifs is 1. The van der Waals surface area contributed by atoms with Gasteiger partial charge in [0.25, 0.3) is 0 Å². The molecule has 148 valence electrons. The van der Waals surface area contributed by atoms with Crippen molar-refractivity contribution in [1.29, 1.82) is 0 Å². The first-order valence-corrected chi connectivity index (χ1v) is 11.2. The van der Waals surface area contributed by atoms with Gasteiger partial charge in [0.1, 0.15) is 0 Å². The van der Waals surface area contributed by atoms with E-state index in [0.717, 1.165) is 11.0 Å². The number of hydrogen-bond donors (Lipinski definition) is 0. The van der Waals surface area contributed by atoms with Crippen LogP contribution in [0.15, 0.2) is 114 Å². The molecular weight excluding hydrogens is 430 g/mol. The van der Waals surface area contributed by atoms with Crippen LogP contribution in [0.1, 0.15) is 40.8 Å². The van der Waals surface area contributed by atoms with Crippen molar-refractivity contribution in [1.82, 2.24) is 4.90 Å². The van der Waals surface area contributed by atoms with Crippen molar-refractivity contribution >= 4 is 15.9 Å². The molecule has 1 atom stereocenters. The second-order valence-electron chi connectivity index (χ2n) is 7.96. The summed E-state index contributed by atoms with van der Waals surface area (Å²) < 4.78 is 1.14. The van der Waals surface area contributed by atoms with Gasteiger partial charge in [0.05, 0.1) is 5.54 Å². The van der Waals surface area contributed by atoms with Gasteiger partial charge in [-0.1, -0.05) is 113 Å². The Kier molecular flexibility index (Phi) is 5.06. The van der Waals surface area contributed by atoms with Crippen LogP contribution in [0.3, 0.4) is 0 Å². The zero-order chi connectivity index (χ0) is 20.6. The number of hydrogen-bond acceptors (Lipinski definition) is 1. The van der Waals surface area contributed by atoms with Gasteiger partial charge in [-0.15, -0.1) is 0 Å². The maximum Gasteiger partial charge on any atom is 0.0980 e. The molecule has 4 aromatic rings. The van der Waals surface area contributed by atoms with E-state index in [-0.39, 0.29) is 11.6 Å². The Morgan fingerprint density at radius 1 is 0.700 bits per heavy atom. The van der Waals surface area contributed by atoms with Gasteiger partial charge in [0, 0.05) is 17.1 Å². The first-order chi connectivity index (χ1) is 14.7. The molecule has 1 aliphatic rings. The van der Waals surface area contributed by atoms with E-state index in [0.29, 0.717) is 0 Å². The molecule has 5 rings (SSSR count). The number of halogens is 1. The molecule has 2 heteroatoms. The van der Waals surface area contributed by atoms with Gasteiger partial charge in [0.15, 0.2) is 0 Å². The minimum Gasteiger partial charge on any atom is -0.275 e. The van der Waals surface area contributed by atoms with Crippen molar-refractivity contribution in [2.75, 3.05) is 0 Å². The number of nitrogens with zero attached hydrogens (tertiary/aromatic N) is 1. The predicted molar refractivity (Wildman–Crippen MR) is 127 cm³/mol. The van der Waals surface area contributed by atoms with Gasteiger partial charge < -0.3 is 0 Å². The van der Waals surface area contributed by atoms with Gasteiger partial charge in [-0.3, -0.25) is 4.90 Å². The Morgan fingerprint density at radius 3 is 1.63 bits per heavy atom. The topological polar surface area (TPSA) is 3.24 Å². The first kappa shape index (κ1) is 19.3. The maximum atomic E-state index is 3.67. The molecule has 0 saturated heterocycles. The molecule has 0 fully saturated rings. The molecule has 0 aromatic heterocycles. The lowest BCUT2D eigenvalue weighted by Crippen LogP contribution is -2.46. The fraction of sp³-hybridized carbons (Fsp3) is 0.143. The zero-order valence-electron chi connectivity index (χ0n) is 17.0. The highest BCUT2D eigenvalue weighted by molar-refractivity contribution is 9.10. The van der Waals surface area contributed by atoms with Crippen molar-refractivity contribution in [2.45, 2.75) is 25.0 Å². The summed E-state index contributed by atoms with van der Waals surface area (Å²) in [4.78, 5) is 2.66. The fourth-order valence-corrected chi connectivity index (χ4v) is 5.46. The van der Waals surface area contributed by atoms with Crippen LogP contribution in [0.4, 0.5) is 0 Å². The molecule has 30 heavy (non-hydrogen) atoms. The minimum atomic E-state index is -0.380. The quantitative estimate of drug-likeness (QED) is 0.292. The SMILES string of the molecule is CC1c2ccc(Br)cc2CN1C(c1ccccc1)(c1ccccc1)c1ccccc1. The molecule has 0 amide bonds. The monoisotopic (exact) mass is 453 g/mol. The van der Waals surface area contributed by atoms with Gasteiger partial charge in [-0.05, 0) is 46.9 Å². The second kappa shape index (κ2) is 7.86. The van der Waals surface area contributed by atoms with Gasteiger partial charge in [-0.2, -0.15) is 0 Å². The molecule has 1 nitrogen and oxygen atoms in total. The van der Waals surface area contributed by atoms with E-state index in [1.807, 2.05) is 0 Å². The second-order valence-corrected chi connectivity index (χ2v) is 8.87. The van der Waals surface area contributed by atoms with Gasteiger partial charge in [-0.25, -0.2) is 0 Å². The van der Waals surface area contributed by atoms with E-state index in [2.05, 4.69) is 137 Å². The lowest BCUT2D eigenvalue weighted by Gasteiger charge is -2.46. The summed E-state index contributed by atoms with van der Waals surface area (Å²) in [6.07, 6.45) is 0. The van der Waals surface area contributed by atoms with E-state index in [4.69, 9.17) is 0 Å².